The summed E-state index contributed by atoms with van der Waals surface area (Å²) in [6.45, 7) is 1.07. The molecule has 0 radical (unpaired) electrons. The van der Waals surface area contributed by atoms with Crippen molar-refractivity contribution in [1.29, 1.82) is 0 Å². The highest BCUT2D eigenvalue weighted by molar-refractivity contribution is 7.99. The van der Waals surface area contributed by atoms with Crippen molar-refractivity contribution in [2.45, 2.75) is 12.5 Å². The van der Waals surface area contributed by atoms with Crippen LogP contribution in [0.2, 0.25) is 0 Å². The van der Waals surface area contributed by atoms with E-state index in [4.69, 9.17) is 4.52 Å². The molecule has 1 saturated heterocycles. The van der Waals surface area contributed by atoms with Crippen molar-refractivity contribution in [3.8, 4) is 11.4 Å². The molecular formula is C11H13N3OS2. The zero-order valence-corrected chi connectivity index (χ0v) is 10.9. The molecular weight excluding hydrogens is 254 g/mol. The fourth-order valence-corrected chi connectivity index (χ4v) is 3.39. The Kier molecular flexibility index (Phi) is 3.44. The molecule has 0 aromatic carbocycles. The zero-order chi connectivity index (χ0) is 11.5. The summed E-state index contributed by atoms with van der Waals surface area (Å²) >= 11 is 3.62. The van der Waals surface area contributed by atoms with E-state index in [0.717, 1.165) is 30.2 Å². The summed E-state index contributed by atoms with van der Waals surface area (Å²) < 4.78 is 5.29. The van der Waals surface area contributed by atoms with E-state index in [-0.39, 0.29) is 0 Å². The van der Waals surface area contributed by atoms with Crippen molar-refractivity contribution < 1.29 is 4.52 Å². The minimum Gasteiger partial charge on any atom is -0.339 e. The van der Waals surface area contributed by atoms with E-state index in [2.05, 4.69) is 15.5 Å². The number of hydrogen-bond donors (Lipinski definition) is 1. The molecule has 0 amide bonds. The average Bonchev–Trinajstić information content (AvgIpc) is 3.00. The minimum atomic E-state index is 0.463. The Hall–Kier alpha value is -0.850. The van der Waals surface area contributed by atoms with Gasteiger partial charge in [-0.25, -0.2) is 0 Å². The molecule has 90 valence electrons. The van der Waals surface area contributed by atoms with Crippen LogP contribution in [-0.4, -0.2) is 34.2 Å². The zero-order valence-electron chi connectivity index (χ0n) is 9.26. The second kappa shape index (κ2) is 5.20. The third-order valence-electron chi connectivity index (χ3n) is 2.67. The molecule has 0 spiro atoms. The Labute approximate surface area is 108 Å². The minimum absolute atomic E-state index is 0.463. The summed E-state index contributed by atoms with van der Waals surface area (Å²) in [5.74, 6) is 3.74. The van der Waals surface area contributed by atoms with Crippen LogP contribution in [0.25, 0.3) is 11.4 Å². The predicted molar refractivity (Wildman–Crippen MR) is 70.4 cm³/mol. The molecule has 1 aliphatic rings. The van der Waals surface area contributed by atoms with E-state index in [1.165, 1.54) is 5.75 Å². The van der Waals surface area contributed by atoms with E-state index in [0.29, 0.717) is 11.9 Å². The first-order valence-corrected chi connectivity index (χ1v) is 7.68. The van der Waals surface area contributed by atoms with Gasteiger partial charge in [0.25, 0.3) is 0 Å². The van der Waals surface area contributed by atoms with Crippen molar-refractivity contribution in [1.82, 2.24) is 15.5 Å². The van der Waals surface area contributed by atoms with Gasteiger partial charge in [-0.2, -0.15) is 28.1 Å². The lowest BCUT2D eigenvalue weighted by Gasteiger charge is -2.21. The van der Waals surface area contributed by atoms with E-state index < -0.39 is 0 Å². The van der Waals surface area contributed by atoms with Crippen LogP contribution in [0, 0.1) is 0 Å². The SMILES string of the molecule is c1cc(-c2noc(C[C@@H]3CSCCN3)n2)cs1. The lowest BCUT2D eigenvalue weighted by Crippen LogP contribution is -2.38. The third-order valence-corrected chi connectivity index (χ3v) is 4.48. The van der Waals surface area contributed by atoms with Crippen LogP contribution < -0.4 is 5.32 Å². The second-order valence-corrected chi connectivity index (χ2v) is 5.88. The summed E-state index contributed by atoms with van der Waals surface area (Å²) in [4.78, 5) is 4.43. The maximum atomic E-state index is 5.29. The van der Waals surface area contributed by atoms with Crippen LogP contribution in [0.3, 0.4) is 0 Å². The highest BCUT2D eigenvalue weighted by Gasteiger charge is 2.17. The largest absolute Gasteiger partial charge is 0.339 e. The van der Waals surface area contributed by atoms with Crippen molar-refractivity contribution in [3.63, 3.8) is 0 Å². The lowest BCUT2D eigenvalue weighted by atomic mass is 10.2. The van der Waals surface area contributed by atoms with E-state index in [1.807, 2.05) is 28.6 Å². The number of nitrogens with one attached hydrogen (secondary N) is 1. The van der Waals surface area contributed by atoms with Gasteiger partial charge in [-0.3, -0.25) is 0 Å². The van der Waals surface area contributed by atoms with Gasteiger partial charge in [0.15, 0.2) is 0 Å². The standard InChI is InChI=1S/C11H13N3OS2/c1-3-16-6-8(1)11-13-10(15-14-11)5-9-7-17-4-2-12-9/h1,3,6,9,12H,2,4-5,7H2/t9-/m1/s1. The molecule has 1 aliphatic heterocycles. The second-order valence-electron chi connectivity index (χ2n) is 3.95. The summed E-state index contributed by atoms with van der Waals surface area (Å²) in [7, 11) is 0. The third kappa shape index (κ3) is 2.70. The van der Waals surface area contributed by atoms with E-state index in [9.17, 15) is 0 Å². The molecule has 4 nitrogen and oxygen atoms in total. The van der Waals surface area contributed by atoms with Crippen LogP contribution in [0.5, 0.6) is 0 Å². The predicted octanol–water partition coefficient (Wildman–Crippen LogP) is 2.05. The Morgan fingerprint density at radius 2 is 2.53 bits per heavy atom. The number of thioether (sulfide) groups is 1. The molecule has 1 N–H and O–H groups in total. The summed E-state index contributed by atoms with van der Waals surface area (Å²) in [6.07, 6.45) is 0.824. The number of thiophene rings is 1. The number of nitrogens with zero attached hydrogens (tertiary/aromatic N) is 2. The topological polar surface area (TPSA) is 51.0 Å². The fraction of sp³-hybridized carbons (Fsp3) is 0.455. The fourth-order valence-electron chi connectivity index (χ4n) is 1.81. The first-order valence-electron chi connectivity index (χ1n) is 5.58. The van der Waals surface area contributed by atoms with Crippen molar-refractivity contribution in [2.24, 2.45) is 0 Å². The molecule has 17 heavy (non-hydrogen) atoms. The summed E-state index contributed by atoms with van der Waals surface area (Å²) in [6, 6.07) is 2.47. The van der Waals surface area contributed by atoms with Crippen LogP contribution in [0.1, 0.15) is 5.89 Å². The Morgan fingerprint density at radius 3 is 3.29 bits per heavy atom. The number of aromatic nitrogens is 2. The monoisotopic (exact) mass is 267 g/mol. The normalized spacial score (nSPS) is 20.6. The van der Waals surface area contributed by atoms with E-state index in [1.54, 1.807) is 11.3 Å². The van der Waals surface area contributed by atoms with Gasteiger partial charge in [-0.1, -0.05) is 5.16 Å². The molecule has 2 aromatic rings. The van der Waals surface area contributed by atoms with Gasteiger partial charge in [0.2, 0.25) is 11.7 Å². The van der Waals surface area contributed by atoms with Gasteiger partial charge in [0, 0.05) is 41.5 Å². The first kappa shape index (κ1) is 11.3. The molecule has 0 aliphatic carbocycles. The molecule has 6 heteroatoms. The quantitative estimate of drug-likeness (QED) is 0.922. The lowest BCUT2D eigenvalue weighted by molar-refractivity contribution is 0.363. The van der Waals surface area contributed by atoms with Crippen LogP contribution >= 0.6 is 23.1 Å². The van der Waals surface area contributed by atoms with Gasteiger partial charge in [-0.05, 0) is 11.4 Å². The van der Waals surface area contributed by atoms with Gasteiger partial charge in [0.1, 0.15) is 0 Å². The molecule has 2 aromatic heterocycles. The van der Waals surface area contributed by atoms with Gasteiger partial charge in [0.05, 0.1) is 0 Å². The smallest absolute Gasteiger partial charge is 0.228 e. The van der Waals surface area contributed by atoms with Gasteiger partial charge >= 0.3 is 0 Å². The van der Waals surface area contributed by atoms with Gasteiger partial charge in [-0.15, -0.1) is 0 Å². The molecule has 3 heterocycles. The van der Waals surface area contributed by atoms with Crippen molar-refractivity contribution >= 4 is 23.1 Å². The summed E-state index contributed by atoms with van der Waals surface area (Å²) in [5, 5.41) is 11.5. The highest BCUT2D eigenvalue weighted by atomic mass is 32.2. The van der Waals surface area contributed by atoms with Crippen molar-refractivity contribution in [2.75, 3.05) is 18.1 Å². The first-order chi connectivity index (χ1) is 8.42. The maximum Gasteiger partial charge on any atom is 0.228 e. The van der Waals surface area contributed by atoms with Gasteiger partial charge < -0.3 is 9.84 Å². The Balaban J connectivity index is 1.68. The summed E-state index contributed by atoms with van der Waals surface area (Å²) in [5.41, 5.74) is 1.04. The molecule has 0 unspecified atom stereocenters. The number of hydrogen-bond acceptors (Lipinski definition) is 6. The van der Waals surface area contributed by atoms with E-state index >= 15 is 0 Å². The maximum absolute atomic E-state index is 5.29. The van der Waals surface area contributed by atoms with Crippen LogP contribution in [0.4, 0.5) is 0 Å². The molecule has 0 bridgehead atoms. The Bertz CT molecular complexity index is 463. The molecule has 1 fully saturated rings. The molecule has 3 rings (SSSR count). The van der Waals surface area contributed by atoms with Crippen molar-refractivity contribution in [3.05, 3.63) is 22.7 Å². The molecule has 1 atom stereocenters. The van der Waals surface area contributed by atoms with Crippen LogP contribution in [-0.2, 0) is 6.42 Å². The Morgan fingerprint density at radius 1 is 1.53 bits per heavy atom. The molecule has 0 saturated carbocycles. The number of rotatable bonds is 3. The highest BCUT2D eigenvalue weighted by Crippen LogP contribution is 2.19. The van der Waals surface area contributed by atoms with Crippen LogP contribution in [0.15, 0.2) is 21.3 Å². The average molecular weight is 267 g/mol.